The lowest BCUT2D eigenvalue weighted by molar-refractivity contribution is -0.144. The van der Waals surface area contributed by atoms with Crippen LogP contribution >= 0.6 is 0 Å². The number of likely N-dealkylation sites (tertiary alicyclic amines) is 1. The number of nitrogen functional groups attached to an aromatic ring is 1. The zero-order chi connectivity index (χ0) is 21.4. The molecule has 8 heteroatoms. The average molecular weight is 405 g/mol. The maximum Gasteiger partial charge on any atom is 0.310 e. The number of nitrogens with one attached hydrogen (secondary N) is 1. The molecule has 0 spiro atoms. The lowest BCUT2D eigenvalue weighted by atomic mass is 10.1. The number of hydrogen-bond donors (Lipinski definition) is 2. The minimum Gasteiger partial charge on any atom is -0.469 e. The summed E-state index contributed by atoms with van der Waals surface area (Å²) in [7, 11) is 3.29. The Hall–Kier alpha value is -3.68. The number of esters is 1. The molecule has 1 fully saturated rings. The molecular weight excluding hydrogens is 382 g/mol. The fourth-order valence-electron chi connectivity index (χ4n) is 3.88. The van der Waals surface area contributed by atoms with Gasteiger partial charge in [0, 0.05) is 36.8 Å². The largest absolute Gasteiger partial charge is 0.469 e. The molecule has 0 radical (unpaired) electrons. The van der Waals surface area contributed by atoms with Crippen molar-refractivity contribution in [3.8, 4) is 11.4 Å². The first-order valence-corrected chi connectivity index (χ1v) is 9.67. The van der Waals surface area contributed by atoms with Gasteiger partial charge in [0.15, 0.2) is 0 Å². The normalized spacial score (nSPS) is 16.1. The van der Waals surface area contributed by atoms with Gasteiger partial charge in [0.1, 0.15) is 11.7 Å². The predicted octanol–water partition coefficient (Wildman–Crippen LogP) is 2.16. The van der Waals surface area contributed by atoms with Crippen molar-refractivity contribution in [3.63, 3.8) is 0 Å². The third-order valence-corrected chi connectivity index (χ3v) is 5.59. The Bertz CT molecular complexity index is 1150. The quantitative estimate of drug-likeness (QED) is 0.392. The molecule has 1 saturated heterocycles. The van der Waals surface area contributed by atoms with Crippen LogP contribution in [0.5, 0.6) is 0 Å². The van der Waals surface area contributed by atoms with Crippen molar-refractivity contribution in [1.82, 2.24) is 14.5 Å². The van der Waals surface area contributed by atoms with Crippen LogP contribution in [0.1, 0.15) is 22.3 Å². The molecule has 1 aromatic heterocycles. The van der Waals surface area contributed by atoms with Crippen LogP contribution in [0.4, 0.5) is 0 Å². The Kier molecular flexibility index (Phi) is 4.99. The van der Waals surface area contributed by atoms with Crippen molar-refractivity contribution in [1.29, 1.82) is 5.41 Å². The Morgan fingerprint density at radius 3 is 2.53 bits per heavy atom. The third kappa shape index (κ3) is 3.41. The summed E-state index contributed by atoms with van der Waals surface area (Å²) in [6.07, 6.45) is 0.616. The Morgan fingerprint density at radius 2 is 1.87 bits per heavy atom. The Morgan fingerprint density at radius 1 is 1.17 bits per heavy atom. The van der Waals surface area contributed by atoms with E-state index in [0.29, 0.717) is 30.6 Å². The fourth-order valence-corrected chi connectivity index (χ4v) is 3.88. The van der Waals surface area contributed by atoms with Gasteiger partial charge in [0.05, 0.1) is 24.1 Å². The van der Waals surface area contributed by atoms with Crippen LogP contribution in [0.3, 0.4) is 0 Å². The van der Waals surface area contributed by atoms with Crippen LogP contribution in [-0.2, 0) is 16.6 Å². The number of amides is 1. The number of aryl methyl sites for hydroxylation is 1. The maximum absolute atomic E-state index is 12.9. The SMILES string of the molecule is COC(=O)C1CCN(C(=O)c2ccc3c(c2)nc(-c2ccc(C(=N)N)cc2)n3C)C1. The van der Waals surface area contributed by atoms with Crippen molar-refractivity contribution in [2.45, 2.75) is 6.42 Å². The molecule has 3 aromatic rings. The number of carbonyl (C=O) groups excluding carboxylic acids is 2. The van der Waals surface area contributed by atoms with E-state index in [1.54, 1.807) is 29.2 Å². The highest BCUT2D eigenvalue weighted by Gasteiger charge is 2.32. The van der Waals surface area contributed by atoms with E-state index in [9.17, 15) is 9.59 Å². The molecule has 3 N–H and O–H groups in total. The lowest BCUT2D eigenvalue weighted by Gasteiger charge is -2.16. The van der Waals surface area contributed by atoms with Gasteiger partial charge in [0.2, 0.25) is 0 Å². The van der Waals surface area contributed by atoms with Gasteiger partial charge in [-0.3, -0.25) is 15.0 Å². The molecule has 30 heavy (non-hydrogen) atoms. The minimum absolute atomic E-state index is 0.0195. The van der Waals surface area contributed by atoms with Gasteiger partial charge in [0.25, 0.3) is 5.91 Å². The molecular formula is C22H23N5O3. The fraction of sp³-hybridized carbons (Fsp3) is 0.273. The number of benzene rings is 2. The van der Waals surface area contributed by atoms with Crippen molar-refractivity contribution in [3.05, 3.63) is 53.6 Å². The molecule has 1 amide bonds. The minimum atomic E-state index is -0.272. The van der Waals surface area contributed by atoms with Gasteiger partial charge in [-0.15, -0.1) is 0 Å². The first-order valence-electron chi connectivity index (χ1n) is 9.67. The van der Waals surface area contributed by atoms with Crippen LogP contribution in [0.25, 0.3) is 22.4 Å². The van der Waals surface area contributed by atoms with E-state index in [1.165, 1.54) is 7.11 Å². The highest BCUT2D eigenvalue weighted by molar-refractivity contribution is 5.98. The first-order chi connectivity index (χ1) is 14.4. The molecule has 2 aromatic carbocycles. The average Bonchev–Trinajstić information content (AvgIpc) is 3.38. The molecule has 2 heterocycles. The molecule has 4 rings (SSSR count). The molecule has 154 valence electrons. The van der Waals surface area contributed by atoms with Crippen LogP contribution in [0.2, 0.25) is 0 Å². The summed E-state index contributed by atoms with van der Waals surface area (Å²) in [4.78, 5) is 31.1. The molecule has 0 aliphatic carbocycles. The van der Waals surface area contributed by atoms with E-state index in [0.717, 1.165) is 22.4 Å². The summed E-state index contributed by atoms with van der Waals surface area (Å²) in [5.41, 5.74) is 9.25. The second-order valence-corrected chi connectivity index (χ2v) is 7.45. The van der Waals surface area contributed by atoms with Gasteiger partial charge in [-0.25, -0.2) is 4.98 Å². The zero-order valence-corrected chi connectivity index (χ0v) is 16.9. The Labute approximate surface area is 173 Å². The van der Waals surface area contributed by atoms with Crippen LogP contribution < -0.4 is 5.73 Å². The first kappa shape index (κ1) is 19.6. The number of nitrogens with two attached hydrogens (primary N) is 1. The van der Waals surface area contributed by atoms with Gasteiger partial charge in [-0.05, 0) is 24.6 Å². The number of imidazole rings is 1. The maximum atomic E-state index is 12.9. The number of rotatable bonds is 4. The third-order valence-electron chi connectivity index (χ3n) is 5.59. The van der Waals surface area contributed by atoms with E-state index in [2.05, 4.69) is 0 Å². The molecule has 1 aliphatic heterocycles. The molecule has 1 aliphatic rings. The van der Waals surface area contributed by atoms with Gasteiger partial charge < -0.3 is 19.9 Å². The molecule has 0 bridgehead atoms. The predicted molar refractivity (Wildman–Crippen MR) is 113 cm³/mol. The van der Waals surface area contributed by atoms with Crippen molar-refractivity contribution < 1.29 is 14.3 Å². The number of fused-ring (bicyclic) bond motifs is 1. The smallest absolute Gasteiger partial charge is 0.310 e. The van der Waals surface area contributed by atoms with Crippen molar-refractivity contribution in [2.24, 2.45) is 18.7 Å². The number of nitrogens with zero attached hydrogens (tertiary/aromatic N) is 3. The highest BCUT2D eigenvalue weighted by atomic mass is 16.5. The van der Waals surface area contributed by atoms with Crippen LogP contribution in [0, 0.1) is 11.3 Å². The zero-order valence-electron chi connectivity index (χ0n) is 16.9. The topological polar surface area (TPSA) is 114 Å². The van der Waals surface area contributed by atoms with E-state index in [4.69, 9.17) is 20.9 Å². The number of methoxy groups -OCH3 is 1. The monoisotopic (exact) mass is 405 g/mol. The van der Waals surface area contributed by atoms with Crippen molar-refractivity contribution >= 4 is 28.7 Å². The standard InChI is InChI=1S/C22H23N5O3/c1-26-18-8-7-15(21(28)27-10-9-16(12-27)22(29)30-2)11-17(18)25-20(26)14-5-3-13(4-6-14)19(23)24/h3-8,11,16H,9-10,12H2,1-2H3,(H3,23,24). The van der Waals surface area contributed by atoms with Crippen LogP contribution in [-0.4, -0.2) is 52.4 Å². The summed E-state index contributed by atoms with van der Waals surface area (Å²) >= 11 is 0. The number of amidine groups is 1. The molecule has 1 unspecified atom stereocenters. The van der Waals surface area contributed by atoms with E-state index < -0.39 is 0 Å². The van der Waals surface area contributed by atoms with E-state index in [-0.39, 0.29) is 23.6 Å². The summed E-state index contributed by atoms with van der Waals surface area (Å²) in [5, 5.41) is 7.52. The summed E-state index contributed by atoms with van der Waals surface area (Å²) in [5.74, 6) is 0.136. The number of carbonyl (C=O) groups is 2. The molecule has 1 atom stereocenters. The number of hydrogen-bond acceptors (Lipinski definition) is 5. The molecule has 0 saturated carbocycles. The second kappa shape index (κ2) is 7.62. The summed E-state index contributed by atoms with van der Waals surface area (Å²) in [6.45, 7) is 0.909. The number of aromatic nitrogens is 2. The van der Waals surface area contributed by atoms with E-state index >= 15 is 0 Å². The second-order valence-electron chi connectivity index (χ2n) is 7.45. The highest BCUT2D eigenvalue weighted by Crippen LogP contribution is 2.26. The van der Waals surface area contributed by atoms with E-state index in [1.807, 2.05) is 29.8 Å². The molecule has 8 nitrogen and oxygen atoms in total. The van der Waals surface area contributed by atoms with Crippen molar-refractivity contribution in [2.75, 3.05) is 20.2 Å². The summed E-state index contributed by atoms with van der Waals surface area (Å²) < 4.78 is 6.76. The lowest BCUT2D eigenvalue weighted by Crippen LogP contribution is -2.30. The van der Waals surface area contributed by atoms with Crippen LogP contribution in [0.15, 0.2) is 42.5 Å². The Balaban J connectivity index is 1.61. The van der Waals surface area contributed by atoms with Gasteiger partial charge in [-0.1, -0.05) is 24.3 Å². The van der Waals surface area contributed by atoms with Gasteiger partial charge >= 0.3 is 5.97 Å². The number of ether oxygens (including phenoxy) is 1. The summed E-state index contributed by atoms with van der Waals surface area (Å²) in [6, 6.07) is 12.8. The van der Waals surface area contributed by atoms with Gasteiger partial charge in [-0.2, -0.15) is 0 Å².